The Labute approximate surface area is 188 Å². The molecule has 1 unspecified atom stereocenters. The van der Waals surface area contributed by atoms with Crippen LogP contribution in [0.3, 0.4) is 0 Å². The van der Waals surface area contributed by atoms with E-state index in [1.807, 2.05) is 37.2 Å². The quantitative estimate of drug-likeness (QED) is 0.538. The monoisotopic (exact) mass is 432 g/mol. The Hall–Kier alpha value is -3.61. The Morgan fingerprint density at radius 2 is 1.78 bits per heavy atom. The van der Waals surface area contributed by atoms with Gasteiger partial charge in [-0.05, 0) is 44.0 Å². The predicted molar refractivity (Wildman–Crippen MR) is 127 cm³/mol. The van der Waals surface area contributed by atoms with Crippen molar-refractivity contribution < 1.29 is 14.3 Å². The number of aromatic nitrogens is 1. The lowest BCUT2D eigenvalue weighted by atomic mass is 10.1. The number of nitrogens with zero attached hydrogens (tertiary/aromatic N) is 3. The van der Waals surface area contributed by atoms with Gasteiger partial charge in [0.05, 0.1) is 35.1 Å². The SMILES string of the molecule is COc1cc(NC(C)CCCN2C(=O)c3ccccc3C2=O)c2ncccc2c1N(C)C. The first-order chi connectivity index (χ1) is 15.4. The molecule has 1 aliphatic rings. The molecule has 7 heteroatoms. The summed E-state index contributed by atoms with van der Waals surface area (Å²) in [6.07, 6.45) is 3.28. The topological polar surface area (TPSA) is 74.8 Å². The Morgan fingerprint density at radius 1 is 1.09 bits per heavy atom. The zero-order valence-corrected chi connectivity index (χ0v) is 18.9. The normalized spacial score (nSPS) is 13.9. The van der Waals surface area contributed by atoms with Crippen LogP contribution < -0.4 is 15.0 Å². The first kappa shape index (κ1) is 21.6. The second-order valence-electron chi connectivity index (χ2n) is 8.26. The van der Waals surface area contributed by atoms with Gasteiger partial charge in [0.25, 0.3) is 11.8 Å². The van der Waals surface area contributed by atoms with E-state index in [1.165, 1.54) is 4.90 Å². The molecule has 0 saturated carbocycles. The summed E-state index contributed by atoms with van der Waals surface area (Å²) in [5, 5.41) is 4.55. The molecule has 0 fully saturated rings. The van der Waals surface area contributed by atoms with E-state index in [0.717, 1.165) is 34.4 Å². The predicted octanol–water partition coefficient (Wildman–Crippen LogP) is 4.19. The van der Waals surface area contributed by atoms with E-state index >= 15 is 0 Å². The van der Waals surface area contributed by atoms with Crippen LogP contribution in [0.15, 0.2) is 48.7 Å². The van der Waals surface area contributed by atoms with Crippen molar-refractivity contribution in [3.8, 4) is 5.75 Å². The maximum absolute atomic E-state index is 12.5. The standard InChI is InChI=1S/C25H28N4O3/c1-16(9-8-14-29-24(30)17-10-5-6-11-18(17)25(29)31)27-20-15-21(32-4)23(28(2)3)19-12-7-13-26-22(19)20/h5-7,10-13,15-16,27H,8-9,14H2,1-4H3. The summed E-state index contributed by atoms with van der Waals surface area (Å²) in [6, 6.07) is 13.0. The lowest BCUT2D eigenvalue weighted by Gasteiger charge is -2.23. The first-order valence-corrected chi connectivity index (χ1v) is 10.8. The summed E-state index contributed by atoms with van der Waals surface area (Å²) in [7, 11) is 5.64. The van der Waals surface area contributed by atoms with E-state index < -0.39 is 0 Å². The molecule has 2 aromatic carbocycles. The highest BCUT2D eigenvalue weighted by atomic mass is 16.5. The van der Waals surface area contributed by atoms with E-state index in [-0.39, 0.29) is 17.9 Å². The molecule has 0 bridgehead atoms. The van der Waals surface area contributed by atoms with Crippen molar-refractivity contribution in [3.63, 3.8) is 0 Å². The van der Waals surface area contributed by atoms with Gasteiger partial charge in [0.2, 0.25) is 0 Å². The van der Waals surface area contributed by atoms with Crippen molar-refractivity contribution >= 4 is 34.1 Å². The Bertz CT molecular complexity index is 1140. The second-order valence-corrected chi connectivity index (χ2v) is 8.26. The van der Waals surface area contributed by atoms with Crippen molar-refractivity contribution in [2.75, 3.05) is 38.0 Å². The highest BCUT2D eigenvalue weighted by Crippen LogP contribution is 2.39. The fourth-order valence-electron chi connectivity index (χ4n) is 4.27. The molecule has 0 aliphatic carbocycles. The van der Waals surface area contributed by atoms with Crippen LogP contribution in [-0.4, -0.2) is 55.5 Å². The van der Waals surface area contributed by atoms with E-state index in [2.05, 4.69) is 17.2 Å². The third-order valence-corrected chi connectivity index (χ3v) is 5.79. The van der Waals surface area contributed by atoms with E-state index in [1.54, 1.807) is 37.6 Å². The number of imide groups is 1. The van der Waals surface area contributed by atoms with Crippen LogP contribution in [-0.2, 0) is 0 Å². The molecule has 0 radical (unpaired) electrons. The fourth-order valence-corrected chi connectivity index (χ4v) is 4.27. The number of ether oxygens (including phenoxy) is 1. The number of carbonyl (C=O) groups is 2. The molecule has 7 nitrogen and oxygen atoms in total. The molecular formula is C25H28N4O3. The smallest absolute Gasteiger partial charge is 0.261 e. The number of methoxy groups -OCH3 is 1. The molecule has 166 valence electrons. The molecule has 32 heavy (non-hydrogen) atoms. The number of anilines is 2. The van der Waals surface area contributed by atoms with Crippen LogP contribution >= 0.6 is 0 Å². The number of benzene rings is 2. The van der Waals surface area contributed by atoms with Gasteiger partial charge in [-0.3, -0.25) is 19.5 Å². The number of pyridine rings is 1. The zero-order chi connectivity index (χ0) is 22.8. The van der Waals surface area contributed by atoms with Crippen LogP contribution in [0.1, 0.15) is 40.5 Å². The summed E-state index contributed by atoms with van der Waals surface area (Å²) in [4.78, 5) is 33.1. The minimum absolute atomic E-state index is 0.116. The van der Waals surface area contributed by atoms with Crippen LogP contribution in [0, 0.1) is 0 Å². The van der Waals surface area contributed by atoms with Crippen LogP contribution in [0.5, 0.6) is 5.75 Å². The summed E-state index contributed by atoms with van der Waals surface area (Å²) in [5.74, 6) is 0.368. The van der Waals surface area contributed by atoms with Gasteiger partial charge < -0.3 is 15.0 Å². The minimum atomic E-state index is -0.203. The highest BCUT2D eigenvalue weighted by Gasteiger charge is 2.34. The molecule has 0 saturated heterocycles. The lowest BCUT2D eigenvalue weighted by Crippen LogP contribution is -2.31. The van der Waals surface area contributed by atoms with Crippen molar-refractivity contribution in [2.45, 2.75) is 25.8 Å². The average molecular weight is 433 g/mol. The van der Waals surface area contributed by atoms with Gasteiger partial charge >= 0.3 is 0 Å². The molecule has 4 rings (SSSR count). The van der Waals surface area contributed by atoms with Crippen LogP contribution in [0.2, 0.25) is 0 Å². The molecular weight excluding hydrogens is 404 g/mol. The molecule has 1 aliphatic heterocycles. The van der Waals surface area contributed by atoms with Gasteiger partial charge in [0.1, 0.15) is 5.75 Å². The summed E-state index contributed by atoms with van der Waals surface area (Å²) in [5.41, 5.74) is 3.75. The largest absolute Gasteiger partial charge is 0.494 e. The fraction of sp³-hybridized carbons (Fsp3) is 0.320. The van der Waals surface area contributed by atoms with Gasteiger partial charge in [-0.15, -0.1) is 0 Å². The van der Waals surface area contributed by atoms with Crippen molar-refractivity contribution in [3.05, 3.63) is 59.8 Å². The van der Waals surface area contributed by atoms with E-state index in [4.69, 9.17) is 4.74 Å². The average Bonchev–Trinajstić information content (AvgIpc) is 3.03. The maximum Gasteiger partial charge on any atom is 0.261 e. The molecule has 1 atom stereocenters. The van der Waals surface area contributed by atoms with Gasteiger partial charge in [0.15, 0.2) is 0 Å². The molecule has 2 amide bonds. The third-order valence-electron chi connectivity index (χ3n) is 5.79. The number of nitrogens with one attached hydrogen (secondary N) is 1. The number of amides is 2. The van der Waals surface area contributed by atoms with Gasteiger partial charge in [-0.1, -0.05) is 12.1 Å². The molecule has 2 heterocycles. The third kappa shape index (κ3) is 3.86. The Balaban J connectivity index is 1.45. The van der Waals surface area contributed by atoms with Crippen LogP contribution in [0.4, 0.5) is 11.4 Å². The van der Waals surface area contributed by atoms with E-state index in [9.17, 15) is 9.59 Å². The Kier molecular flexibility index (Phi) is 5.99. The van der Waals surface area contributed by atoms with E-state index in [0.29, 0.717) is 24.1 Å². The lowest BCUT2D eigenvalue weighted by molar-refractivity contribution is 0.0651. The summed E-state index contributed by atoms with van der Waals surface area (Å²) in [6.45, 7) is 2.49. The number of carbonyl (C=O) groups excluding carboxylic acids is 2. The van der Waals surface area contributed by atoms with Crippen molar-refractivity contribution in [1.82, 2.24) is 9.88 Å². The number of rotatable bonds is 8. The maximum atomic E-state index is 12.5. The van der Waals surface area contributed by atoms with Crippen LogP contribution in [0.25, 0.3) is 10.9 Å². The summed E-state index contributed by atoms with van der Waals surface area (Å²) < 4.78 is 5.65. The molecule has 0 spiro atoms. The molecule has 1 aromatic heterocycles. The molecule has 1 N–H and O–H groups in total. The van der Waals surface area contributed by atoms with Crippen molar-refractivity contribution in [1.29, 1.82) is 0 Å². The highest BCUT2D eigenvalue weighted by molar-refractivity contribution is 6.21. The molecule has 3 aromatic rings. The van der Waals surface area contributed by atoms with Crippen molar-refractivity contribution in [2.24, 2.45) is 0 Å². The minimum Gasteiger partial charge on any atom is -0.494 e. The Morgan fingerprint density at radius 3 is 2.41 bits per heavy atom. The van der Waals surface area contributed by atoms with Gasteiger partial charge in [-0.2, -0.15) is 0 Å². The second kappa shape index (κ2) is 8.86. The number of hydrogen-bond acceptors (Lipinski definition) is 6. The first-order valence-electron chi connectivity index (χ1n) is 10.8. The zero-order valence-electron chi connectivity index (χ0n) is 18.9. The van der Waals surface area contributed by atoms with Gasteiger partial charge in [-0.25, -0.2) is 0 Å². The van der Waals surface area contributed by atoms with Gasteiger partial charge in [0, 0.05) is 44.3 Å². The number of fused-ring (bicyclic) bond motifs is 2. The number of hydrogen-bond donors (Lipinski definition) is 1. The summed E-state index contributed by atoms with van der Waals surface area (Å²) >= 11 is 0.